The van der Waals surface area contributed by atoms with Crippen LogP contribution in [0.5, 0.6) is 0 Å². The van der Waals surface area contributed by atoms with Gasteiger partial charge in [0.15, 0.2) is 5.73 Å². The second-order valence-electron chi connectivity index (χ2n) is 4.39. The molecule has 8 heteroatoms. The summed E-state index contributed by atoms with van der Waals surface area (Å²) in [5, 5.41) is 10.0. The highest BCUT2D eigenvalue weighted by atomic mass is 28.4. The lowest BCUT2D eigenvalue weighted by atomic mass is 10.4. The number of ether oxygens (including phenoxy) is 1. The van der Waals surface area contributed by atoms with Gasteiger partial charge in [-0.05, 0) is 13.3 Å². The van der Waals surface area contributed by atoms with Crippen molar-refractivity contribution >= 4 is 8.80 Å². The molecule has 7 nitrogen and oxygen atoms in total. The first-order valence-electron chi connectivity index (χ1n) is 6.51. The van der Waals surface area contributed by atoms with Crippen LogP contribution in [0.15, 0.2) is 18.7 Å². The van der Waals surface area contributed by atoms with Gasteiger partial charge in [-0.1, -0.05) is 6.92 Å². The van der Waals surface area contributed by atoms with Gasteiger partial charge in [-0.2, -0.15) is 0 Å². The molecule has 0 aliphatic carbocycles. The van der Waals surface area contributed by atoms with Gasteiger partial charge in [0, 0.05) is 33.7 Å². The lowest BCUT2D eigenvalue weighted by Crippen LogP contribution is -2.60. The molecule has 3 unspecified atom stereocenters. The molecule has 0 spiro atoms. The summed E-state index contributed by atoms with van der Waals surface area (Å²) < 4.78 is 24.1. The SMILES string of the molecule is CCC(OC(C(C)O)[Si](OC)(OC)OC)n1ccnc1. The van der Waals surface area contributed by atoms with E-state index in [4.69, 9.17) is 18.0 Å². The molecule has 1 heterocycles. The number of aliphatic hydroxyl groups excluding tert-OH is 1. The fraction of sp³-hybridized carbons (Fsp3) is 0.750. The van der Waals surface area contributed by atoms with Crippen molar-refractivity contribution in [2.75, 3.05) is 21.3 Å². The van der Waals surface area contributed by atoms with E-state index in [9.17, 15) is 5.11 Å². The van der Waals surface area contributed by atoms with Crippen molar-refractivity contribution in [2.24, 2.45) is 0 Å². The van der Waals surface area contributed by atoms with Crippen molar-refractivity contribution in [2.45, 2.75) is 38.3 Å². The van der Waals surface area contributed by atoms with E-state index < -0.39 is 20.6 Å². The van der Waals surface area contributed by atoms with Gasteiger partial charge < -0.3 is 27.7 Å². The molecule has 1 N–H and O–H groups in total. The molecule has 116 valence electrons. The number of hydrogen-bond acceptors (Lipinski definition) is 6. The Morgan fingerprint density at radius 1 is 1.25 bits per heavy atom. The topological polar surface area (TPSA) is 75.0 Å². The highest BCUT2D eigenvalue weighted by molar-refractivity contribution is 6.62. The Labute approximate surface area is 120 Å². The number of nitrogens with zero attached hydrogens (tertiary/aromatic N) is 2. The van der Waals surface area contributed by atoms with Crippen molar-refractivity contribution in [1.82, 2.24) is 9.55 Å². The molecular formula is C12H24N2O5Si. The molecule has 1 aromatic heterocycles. The van der Waals surface area contributed by atoms with Crippen molar-refractivity contribution in [3.63, 3.8) is 0 Å². The van der Waals surface area contributed by atoms with E-state index in [0.29, 0.717) is 6.42 Å². The summed E-state index contributed by atoms with van der Waals surface area (Å²) in [6.07, 6.45) is 4.80. The zero-order valence-corrected chi connectivity index (χ0v) is 13.6. The number of imidazole rings is 1. The van der Waals surface area contributed by atoms with Gasteiger partial charge in [0.05, 0.1) is 12.4 Å². The van der Waals surface area contributed by atoms with Crippen LogP contribution in [-0.2, 0) is 18.0 Å². The Hall–Kier alpha value is -0.773. The zero-order chi connectivity index (χ0) is 15.2. The summed E-state index contributed by atoms with van der Waals surface area (Å²) in [5.74, 6) is 0. The third-order valence-electron chi connectivity index (χ3n) is 3.15. The number of rotatable bonds is 9. The van der Waals surface area contributed by atoms with Gasteiger partial charge in [-0.15, -0.1) is 0 Å². The highest BCUT2D eigenvalue weighted by Gasteiger charge is 2.52. The molecule has 20 heavy (non-hydrogen) atoms. The van der Waals surface area contributed by atoms with Gasteiger partial charge in [0.25, 0.3) is 0 Å². The number of aromatic nitrogens is 2. The molecule has 0 aliphatic rings. The molecule has 0 aromatic carbocycles. The normalized spacial score (nSPS) is 16.9. The number of aliphatic hydroxyl groups is 1. The molecular weight excluding hydrogens is 280 g/mol. The standard InChI is InChI=1S/C12H24N2O5Si/c1-6-11(14-8-7-13-9-14)19-12(10(2)15)20(16-3,17-4)18-5/h7-12,15H,6H2,1-5H3. The maximum absolute atomic E-state index is 10.0. The monoisotopic (exact) mass is 304 g/mol. The Bertz CT molecular complexity index is 362. The quantitative estimate of drug-likeness (QED) is 0.685. The van der Waals surface area contributed by atoms with Crippen LogP contribution in [0.1, 0.15) is 26.5 Å². The van der Waals surface area contributed by atoms with E-state index in [1.54, 1.807) is 19.4 Å². The zero-order valence-electron chi connectivity index (χ0n) is 12.6. The summed E-state index contributed by atoms with van der Waals surface area (Å²) in [7, 11) is 1.38. The summed E-state index contributed by atoms with van der Waals surface area (Å²) in [6, 6.07) is 0. The van der Waals surface area contributed by atoms with Gasteiger partial charge in [0.1, 0.15) is 6.23 Å². The Balaban J connectivity index is 2.96. The van der Waals surface area contributed by atoms with Gasteiger partial charge >= 0.3 is 8.80 Å². The molecule has 0 saturated heterocycles. The molecule has 1 aromatic rings. The Kier molecular flexibility index (Phi) is 6.79. The van der Waals surface area contributed by atoms with Gasteiger partial charge in [-0.3, -0.25) is 0 Å². The lowest BCUT2D eigenvalue weighted by Gasteiger charge is -2.36. The maximum Gasteiger partial charge on any atom is 0.533 e. The minimum absolute atomic E-state index is 0.274. The second kappa shape index (κ2) is 7.86. The van der Waals surface area contributed by atoms with Crippen LogP contribution >= 0.6 is 0 Å². The van der Waals surface area contributed by atoms with Crippen molar-refractivity contribution < 1.29 is 23.1 Å². The first kappa shape index (κ1) is 17.3. The van der Waals surface area contributed by atoms with Gasteiger partial charge in [-0.25, -0.2) is 4.98 Å². The molecule has 0 amide bonds. The predicted molar refractivity (Wildman–Crippen MR) is 74.9 cm³/mol. The summed E-state index contributed by atoms with van der Waals surface area (Å²) in [5.41, 5.74) is -0.685. The third-order valence-corrected chi connectivity index (χ3v) is 6.17. The van der Waals surface area contributed by atoms with Gasteiger partial charge in [0.2, 0.25) is 0 Å². The van der Waals surface area contributed by atoms with Crippen molar-refractivity contribution in [3.05, 3.63) is 18.7 Å². The fourth-order valence-corrected chi connectivity index (χ4v) is 4.19. The van der Waals surface area contributed by atoms with E-state index in [-0.39, 0.29) is 6.23 Å². The molecule has 0 bridgehead atoms. The molecule has 0 fully saturated rings. The van der Waals surface area contributed by atoms with E-state index >= 15 is 0 Å². The third kappa shape index (κ3) is 3.66. The molecule has 0 radical (unpaired) electrons. The first-order chi connectivity index (χ1) is 9.54. The smallest absolute Gasteiger partial charge is 0.391 e. The Morgan fingerprint density at radius 2 is 1.85 bits per heavy atom. The van der Waals surface area contributed by atoms with Crippen LogP contribution in [0.25, 0.3) is 0 Å². The minimum atomic E-state index is -3.11. The van der Waals surface area contributed by atoms with E-state index in [1.807, 2.05) is 17.7 Å². The molecule has 0 saturated carbocycles. The summed E-state index contributed by atoms with van der Waals surface area (Å²) in [4.78, 5) is 4.00. The van der Waals surface area contributed by atoms with Crippen LogP contribution in [-0.4, -0.2) is 56.6 Å². The summed E-state index contributed by atoms with van der Waals surface area (Å²) in [6.45, 7) is 3.61. The maximum atomic E-state index is 10.0. The van der Waals surface area contributed by atoms with E-state index in [2.05, 4.69) is 4.98 Å². The van der Waals surface area contributed by atoms with Crippen molar-refractivity contribution in [1.29, 1.82) is 0 Å². The Morgan fingerprint density at radius 3 is 2.20 bits per heavy atom. The van der Waals surface area contributed by atoms with Crippen LogP contribution in [0.3, 0.4) is 0 Å². The average molecular weight is 304 g/mol. The van der Waals surface area contributed by atoms with E-state index in [1.165, 1.54) is 21.3 Å². The van der Waals surface area contributed by atoms with Crippen LogP contribution in [0, 0.1) is 0 Å². The largest absolute Gasteiger partial charge is 0.533 e. The van der Waals surface area contributed by atoms with Crippen LogP contribution in [0.4, 0.5) is 0 Å². The van der Waals surface area contributed by atoms with E-state index in [0.717, 1.165) is 0 Å². The highest BCUT2D eigenvalue weighted by Crippen LogP contribution is 2.24. The molecule has 0 aliphatic heterocycles. The van der Waals surface area contributed by atoms with Crippen LogP contribution < -0.4 is 0 Å². The summed E-state index contributed by atoms with van der Waals surface area (Å²) >= 11 is 0. The fourth-order valence-electron chi connectivity index (χ4n) is 2.08. The second-order valence-corrected chi connectivity index (χ2v) is 7.39. The minimum Gasteiger partial charge on any atom is -0.391 e. The van der Waals surface area contributed by atoms with Crippen LogP contribution in [0.2, 0.25) is 0 Å². The average Bonchev–Trinajstić information content (AvgIpc) is 2.98. The predicted octanol–water partition coefficient (Wildman–Crippen LogP) is 0.975. The molecule has 1 rings (SSSR count). The number of hydrogen-bond donors (Lipinski definition) is 1. The molecule has 3 atom stereocenters. The first-order valence-corrected chi connectivity index (χ1v) is 8.31. The lowest BCUT2D eigenvalue weighted by molar-refractivity contribution is -0.101. The van der Waals surface area contributed by atoms with Crippen molar-refractivity contribution in [3.8, 4) is 0 Å².